The predicted molar refractivity (Wildman–Crippen MR) is 70.5 cm³/mol. The Bertz CT molecular complexity index is 556. The lowest BCUT2D eigenvalue weighted by Crippen LogP contribution is -2.10. The average molecular weight is 269 g/mol. The molecule has 0 atom stereocenters. The first-order valence-corrected chi connectivity index (χ1v) is 6.34. The third-order valence-electron chi connectivity index (χ3n) is 3.01. The van der Waals surface area contributed by atoms with Crippen molar-refractivity contribution >= 4 is 17.4 Å². The van der Waals surface area contributed by atoms with Crippen molar-refractivity contribution in [2.45, 2.75) is 33.2 Å². The van der Waals surface area contributed by atoms with Crippen molar-refractivity contribution in [2.75, 3.05) is 5.73 Å². The molecule has 2 aromatic rings. The number of nitrogen functional groups attached to an aromatic ring is 1. The Kier molecular flexibility index (Phi) is 3.56. The van der Waals surface area contributed by atoms with Gasteiger partial charge in [-0.15, -0.1) is 5.10 Å². The monoisotopic (exact) mass is 268 g/mol. The van der Waals surface area contributed by atoms with Crippen LogP contribution in [0.15, 0.2) is 0 Å². The Hall–Kier alpha value is -1.56. The highest BCUT2D eigenvalue weighted by atomic mass is 35.5. The maximum Gasteiger partial charge on any atom is 0.169 e. The predicted octanol–water partition coefficient (Wildman–Crippen LogP) is 1.42. The number of nitrogens with two attached hydrogens (primary N) is 1. The smallest absolute Gasteiger partial charge is 0.169 e. The standard InChI is InChI=1S/C11H17ClN6/c1-4-7-10(12)9(17(3)15-7)6-18-8(5-2)11(13)14-16-18/h4-6,13H2,1-3H3. The van der Waals surface area contributed by atoms with E-state index < -0.39 is 0 Å². The van der Waals surface area contributed by atoms with Gasteiger partial charge >= 0.3 is 0 Å². The van der Waals surface area contributed by atoms with Crippen LogP contribution in [-0.2, 0) is 26.4 Å². The van der Waals surface area contributed by atoms with Gasteiger partial charge in [0.05, 0.1) is 28.6 Å². The van der Waals surface area contributed by atoms with Crippen molar-refractivity contribution in [3.05, 3.63) is 22.1 Å². The van der Waals surface area contributed by atoms with Gasteiger partial charge in [-0.25, -0.2) is 4.68 Å². The minimum absolute atomic E-state index is 0.478. The van der Waals surface area contributed by atoms with E-state index in [1.807, 2.05) is 20.9 Å². The fourth-order valence-electron chi connectivity index (χ4n) is 1.97. The third kappa shape index (κ3) is 2.08. The van der Waals surface area contributed by atoms with Crippen LogP contribution >= 0.6 is 11.6 Å². The molecular formula is C11H17ClN6. The second-order valence-electron chi connectivity index (χ2n) is 4.12. The summed E-state index contributed by atoms with van der Waals surface area (Å²) in [5.41, 5.74) is 8.51. The lowest BCUT2D eigenvalue weighted by atomic mass is 10.3. The van der Waals surface area contributed by atoms with Crippen LogP contribution in [0.2, 0.25) is 5.02 Å². The van der Waals surface area contributed by atoms with E-state index in [0.717, 1.165) is 29.9 Å². The first-order valence-electron chi connectivity index (χ1n) is 5.96. The Morgan fingerprint density at radius 2 is 1.94 bits per heavy atom. The lowest BCUT2D eigenvalue weighted by molar-refractivity contribution is 0.580. The number of aryl methyl sites for hydroxylation is 2. The van der Waals surface area contributed by atoms with Gasteiger partial charge in [-0.1, -0.05) is 30.7 Å². The molecule has 0 bridgehead atoms. The van der Waals surface area contributed by atoms with Crippen LogP contribution < -0.4 is 5.73 Å². The van der Waals surface area contributed by atoms with Crippen molar-refractivity contribution in [3.8, 4) is 0 Å². The highest BCUT2D eigenvalue weighted by molar-refractivity contribution is 6.31. The van der Waals surface area contributed by atoms with Gasteiger partial charge in [0.1, 0.15) is 0 Å². The van der Waals surface area contributed by atoms with E-state index in [1.165, 1.54) is 0 Å². The second-order valence-corrected chi connectivity index (χ2v) is 4.50. The zero-order valence-corrected chi connectivity index (χ0v) is 11.6. The van der Waals surface area contributed by atoms with Crippen LogP contribution in [0.25, 0.3) is 0 Å². The first-order chi connectivity index (χ1) is 8.58. The van der Waals surface area contributed by atoms with Gasteiger partial charge in [-0.2, -0.15) is 5.10 Å². The minimum Gasteiger partial charge on any atom is -0.381 e. The minimum atomic E-state index is 0.478. The summed E-state index contributed by atoms with van der Waals surface area (Å²) in [5.74, 6) is 0.478. The van der Waals surface area contributed by atoms with Crippen molar-refractivity contribution in [1.82, 2.24) is 24.8 Å². The summed E-state index contributed by atoms with van der Waals surface area (Å²) in [6, 6.07) is 0. The van der Waals surface area contributed by atoms with E-state index in [1.54, 1.807) is 9.36 Å². The van der Waals surface area contributed by atoms with Gasteiger partial charge in [0.25, 0.3) is 0 Å². The van der Waals surface area contributed by atoms with E-state index in [9.17, 15) is 0 Å². The second kappa shape index (κ2) is 4.97. The molecule has 18 heavy (non-hydrogen) atoms. The Morgan fingerprint density at radius 3 is 2.50 bits per heavy atom. The molecule has 0 unspecified atom stereocenters. The first kappa shape index (κ1) is 12.9. The van der Waals surface area contributed by atoms with Gasteiger partial charge in [-0.3, -0.25) is 4.68 Å². The normalized spacial score (nSPS) is 11.1. The van der Waals surface area contributed by atoms with Crippen LogP contribution in [-0.4, -0.2) is 24.8 Å². The summed E-state index contributed by atoms with van der Waals surface area (Å²) in [6.07, 6.45) is 1.60. The van der Waals surface area contributed by atoms with Gasteiger partial charge < -0.3 is 5.73 Å². The highest BCUT2D eigenvalue weighted by Crippen LogP contribution is 2.22. The summed E-state index contributed by atoms with van der Waals surface area (Å²) in [7, 11) is 1.88. The molecule has 0 aliphatic rings. The molecule has 98 valence electrons. The van der Waals surface area contributed by atoms with Crippen LogP contribution in [0.3, 0.4) is 0 Å². The van der Waals surface area contributed by atoms with Crippen molar-refractivity contribution in [1.29, 1.82) is 0 Å². The average Bonchev–Trinajstić information content (AvgIpc) is 2.84. The molecule has 0 aliphatic carbocycles. The Labute approximate surface area is 111 Å². The molecule has 0 spiro atoms. The van der Waals surface area contributed by atoms with Crippen LogP contribution in [0.1, 0.15) is 30.9 Å². The summed E-state index contributed by atoms with van der Waals surface area (Å²) in [5, 5.41) is 13.0. The van der Waals surface area contributed by atoms with Crippen LogP contribution in [0, 0.1) is 0 Å². The van der Waals surface area contributed by atoms with Crippen molar-refractivity contribution < 1.29 is 0 Å². The van der Waals surface area contributed by atoms with Crippen LogP contribution in [0.4, 0.5) is 5.82 Å². The summed E-state index contributed by atoms with van der Waals surface area (Å²) in [6.45, 7) is 4.59. The molecule has 0 aliphatic heterocycles. The third-order valence-corrected chi connectivity index (χ3v) is 3.44. The van der Waals surface area contributed by atoms with E-state index in [0.29, 0.717) is 17.4 Å². The molecule has 0 saturated heterocycles. The number of anilines is 1. The fraction of sp³-hybridized carbons (Fsp3) is 0.545. The summed E-state index contributed by atoms with van der Waals surface area (Å²) in [4.78, 5) is 0. The number of hydrogen-bond acceptors (Lipinski definition) is 4. The topological polar surface area (TPSA) is 74.5 Å². The molecule has 2 N–H and O–H groups in total. The zero-order chi connectivity index (χ0) is 13.3. The number of hydrogen-bond donors (Lipinski definition) is 1. The van der Waals surface area contributed by atoms with Gasteiger partial charge in [0.2, 0.25) is 0 Å². The molecule has 2 heterocycles. The Balaban J connectivity index is 2.37. The van der Waals surface area contributed by atoms with Gasteiger partial charge in [0, 0.05) is 7.05 Å². The SMILES string of the molecule is CCc1nn(C)c(Cn2nnc(N)c2CC)c1Cl. The fourth-order valence-corrected chi connectivity index (χ4v) is 2.32. The number of halogens is 1. The molecule has 0 fully saturated rings. The van der Waals surface area contributed by atoms with Gasteiger partial charge in [0.15, 0.2) is 5.82 Å². The molecule has 0 saturated carbocycles. The van der Waals surface area contributed by atoms with Crippen molar-refractivity contribution in [3.63, 3.8) is 0 Å². The molecule has 0 amide bonds. The molecule has 2 aromatic heterocycles. The highest BCUT2D eigenvalue weighted by Gasteiger charge is 2.16. The van der Waals surface area contributed by atoms with E-state index >= 15 is 0 Å². The quantitative estimate of drug-likeness (QED) is 0.910. The Morgan fingerprint density at radius 1 is 1.22 bits per heavy atom. The number of rotatable bonds is 4. The number of aromatic nitrogens is 5. The summed E-state index contributed by atoms with van der Waals surface area (Å²) >= 11 is 6.31. The molecule has 7 heteroatoms. The molecule has 0 aromatic carbocycles. The molecule has 2 rings (SSSR count). The molecular weight excluding hydrogens is 252 g/mol. The molecule has 0 radical (unpaired) electrons. The zero-order valence-electron chi connectivity index (χ0n) is 10.8. The van der Waals surface area contributed by atoms with Gasteiger partial charge in [-0.05, 0) is 12.8 Å². The largest absolute Gasteiger partial charge is 0.381 e. The van der Waals surface area contributed by atoms with E-state index in [4.69, 9.17) is 17.3 Å². The maximum absolute atomic E-state index is 6.31. The van der Waals surface area contributed by atoms with E-state index in [2.05, 4.69) is 15.4 Å². The lowest BCUT2D eigenvalue weighted by Gasteiger charge is -2.06. The summed E-state index contributed by atoms with van der Waals surface area (Å²) < 4.78 is 3.57. The number of nitrogens with zero attached hydrogens (tertiary/aromatic N) is 5. The van der Waals surface area contributed by atoms with Crippen LogP contribution in [0.5, 0.6) is 0 Å². The van der Waals surface area contributed by atoms with Crippen molar-refractivity contribution in [2.24, 2.45) is 7.05 Å². The van der Waals surface area contributed by atoms with E-state index in [-0.39, 0.29) is 0 Å². The molecule has 6 nitrogen and oxygen atoms in total. The maximum atomic E-state index is 6.31.